The predicted octanol–water partition coefficient (Wildman–Crippen LogP) is 6.43. The molecule has 0 spiro atoms. The van der Waals surface area contributed by atoms with Crippen LogP contribution in [-0.2, 0) is 0 Å². The van der Waals surface area contributed by atoms with Crippen LogP contribution in [0.1, 0.15) is 36.5 Å². The molecular formula is C29H32FNO2. The Balaban J connectivity index is 1.55. The van der Waals surface area contributed by atoms with Crippen molar-refractivity contribution in [2.45, 2.75) is 19.8 Å². The molecule has 3 nitrogen and oxygen atoms in total. The first-order valence-electron chi connectivity index (χ1n) is 11.8. The molecule has 33 heavy (non-hydrogen) atoms. The standard InChI is InChI=1S/C29H32FNO2/c1-2-28(23-6-4-3-5-7-23)29(24-8-12-26(32)13-9-24)25-10-14-27(15-11-25)33-19-18-31-17-16-22(20-30)21-31/h3-15,22,32H,2,16-21H2,1H3/b29-28-. The molecular weight excluding hydrogens is 413 g/mol. The fourth-order valence-electron chi connectivity index (χ4n) is 4.56. The van der Waals surface area contributed by atoms with Gasteiger partial charge in [-0.05, 0) is 71.5 Å². The van der Waals surface area contributed by atoms with Crippen molar-refractivity contribution in [3.8, 4) is 11.5 Å². The fraction of sp³-hybridized carbons (Fsp3) is 0.310. The highest BCUT2D eigenvalue weighted by Gasteiger charge is 2.21. The number of nitrogens with zero attached hydrogens (tertiary/aromatic N) is 1. The normalized spacial score (nSPS) is 17.1. The SMILES string of the molecule is CC/C(=C(\c1ccc(O)cc1)c1ccc(OCCN2CCC(CF)C2)cc1)c1ccccc1. The molecule has 172 valence electrons. The maximum atomic E-state index is 12.8. The summed E-state index contributed by atoms with van der Waals surface area (Å²) in [6.45, 7) is 5.16. The van der Waals surface area contributed by atoms with E-state index in [1.54, 1.807) is 12.1 Å². The van der Waals surface area contributed by atoms with E-state index >= 15 is 0 Å². The zero-order valence-electron chi connectivity index (χ0n) is 19.2. The minimum atomic E-state index is -0.224. The second-order valence-electron chi connectivity index (χ2n) is 8.60. The Labute approximate surface area is 196 Å². The van der Waals surface area contributed by atoms with Gasteiger partial charge in [0.1, 0.15) is 18.1 Å². The van der Waals surface area contributed by atoms with E-state index in [-0.39, 0.29) is 18.3 Å². The van der Waals surface area contributed by atoms with Gasteiger partial charge in [0, 0.05) is 19.0 Å². The van der Waals surface area contributed by atoms with Gasteiger partial charge >= 0.3 is 0 Å². The number of phenols is 1. The van der Waals surface area contributed by atoms with Crippen LogP contribution < -0.4 is 4.74 Å². The molecule has 0 aromatic heterocycles. The molecule has 4 heteroatoms. The van der Waals surface area contributed by atoms with Crippen molar-refractivity contribution < 1.29 is 14.2 Å². The average molecular weight is 446 g/mol. The van der Waals surface area contributed by atoms with E-state index < -0.39 is 0 Å². The first-order chi connectivity index (χ1) is 16.2. The number of ether oxygens (including phenoxy) is 1. The van der Waals surface area contributed by atoms with Crippen molar-refractivity contribution >= 4 is 11.1 Å². The zero-order chi connectivity index (χ0) is 23.0. The van der Waals surface area contributed by atoms with Gasteiger partial charge in [-0.25, -0.2) is 0 Å². The Morgan fingerprint density at radius 3 is 2.21 bits per heavy atom. The van der Waals surface area contributed by atoms with Crippen LogP contribution in [0.2, 0.25) is 0 Å². The molecule has 1 saturated heterocycles. The molecule has 0 radical (unpaired) electrons. The maximum absolute atomic E-state index is 12.8. The fourth-order valence-corrected chi connectivity index (χ4v) is 4.56. The lowest BCUT2D eigenvalue weighted by Crippen LogP contribution is -2.26. The first kappa shape index (κ1) is 23.1. The van der Waals surface area contributed by atoms with Crippen LogP contribution >= 0.6 is 0 Å². The van der Waals surface area contributed by atoms with Crippen molar-refractivity contribution in [1.29, 1.82) is 0 Å². The molecule has 0 aliphatic carbocycles. The van der Waals surface area contributed by atoms with Gasteiger partial charge in [0.25, 0.3) is 0 Å². The number of phenolic OH excluding ortho intramolecular Hbond substituents is 1. The van der Waals surface area contributed by atoms with Crippen molar-refractivity contribution in [2.24, 2.45) is 5.92 Å². The van der Waals surface area contributed by atoms with Crippen LogP contribution in [0.25, 0.3) is 11.1 Å². The van der Waals surface area contributed by atoms with Gasteiger partial charge in [-0.3, -0.25) is 9.29 Å². The van der Waals surface area contributed by atoms with Gasteiger partial charge < -0.3 is 9.84 Å². The number of alkyl halides is 1. The van der Waals surface area contributed by atoms with E-state index in [1.807, 2.05) is 30.3 Å². The molecule has 0 bridgehead atoms. The Morgan fingerprint density at radius 2 is 1.61 bits per heavy atom. The van der Waals surface area contributed by atoms with Crippen LogP contribution in [0.3, 0.4) is 0 Å². The Bertz CT molecular complexity index is 1050. The van der Waals surface area contributed by atoms with Crippen LogP contribution in [0.4, 0.5) is 4.39 Å². The lowest BCUT2D eigenvalue weighted by molar-refractivity contribution is 0.228. The Hall–Kier alpha value is -3.11. The molecule has 1 fully saturated rings. The average Bonchev–Trinajstić information content (AvgIpc) is 3.32. The molecule has 1 unspecified atom stereocenters. The lowest BCUT2D eigenvalue weighted by atomic mass is 9.88. The van der Waals surface area contributed by atoms with E-state index in [2.05, 4.69) is 48.2 Å². The van der Waals surface area contributed by atoms with Crippen molar-refractivity contribution in [2.75, 3.05) is 32.9 Å². The maximum Gasteiger partial charge on any atom is 0.119 e. The predicted molar refractivity (Wildman–Crippen MR) is 133 cm³/mol. The summed E-state index contributed by atoms with van der Waals surface area (Å²) in [6.07, 6.45) is 1.83. The highest BCUT2D eigenvalue weighted by atomic mass is 19.1. The molecule has 0 saturated carbocycles. The monoisotopic (exact) mass is 445 g/mol. The highest BCUT2D eigenvalue weighted by Crippen LogP contribution is 2.35. The third-order valence-corrected chi connectivity index (χ3v) is 6.34. The second-order valence-corrected chi connectivity index (χ2v) is 8.60. The van der Waals surface area contributed by atoms with Crippen LogP contribution in [0, 0.1) is 5.92 Å². The third kappa shape index (κ3) is 5.82. The topological polar surface area (TPSA) is 32.7 Å². The summed E-state index contributed by atoms with van der Waals surface area (Å²) in [4.78, 5) is 2.28. The molecule has 4 rings (SSSR count). The number of hydrogen-bond acceptors (Lipinski definition) is 3. The molecule has 1 atom stereocenters. The number of likely N-dealkylation sites (tertiary alicyclic amines) is 1. The largest absolute Gasteiger partial charge is 0.508 e. The summed E-state index contributed by atoms with van der Waals surface area (Å²) in [7, 11) is 0. The van der Waals surface area contributed by atoms with Crippen molar-refractivity contribution in [1.82, 2.24) is 4.90 Å². The molecule has 1 heterocycles. The van der Waals surface area contributed by atoms with Crippen LogP contribution in [0.15, 0.2) is 78.9 Å². The van der Waals surface area contributed by atoms with Crippen molar-refractivity contribution in [3.05, 3.63) is 95.6 Å². The summed E-state index contributed by atoms with van der Waals surface area (Å²) >= 11 is 0. The molecule has 1 N–H and O–H groups in total. The van der Waals surface area contributed by atoms with Gasteiger partial charge in [0.05, 0.1) is 6.67 Å². The third-order valence-electron chi connectivity index (χ3n) is 6.34. The summed E-state index contributed by atoms with van der Waals surface area (Å²) < 4.78 is 18.8. The van der Waals surface area contributed by atoms with Gasteiger partial charge in [-0.15, -0.1) is 0 Å². The second kappa shape index (κ2) is 11.2. The quantitative estimate of drug-likeness (QED) is 0.385. The zero-order valence-corrected chi connectivity index (χ0v) is 19.2. The summed E-state index contributed by atoms with van der Waals surface area (Å²) in [6, 6.07) is 26.1. The summed E-state index contributed by atoms with van der Waals surface area (Å²) in [5.74, 6) is 1.28. The first-order valence-corrected chi connectivity index (χ1v) is 11.8. The lowest BCUT2D eigenvalue weighted by Gasteiger charge is -2.18. The number of benzene rings is 3. The summed E-state index contributed by atoms with van der Waals surface area (Å²) in [5.41, 5.74) is 5.79. The highest BCUT2D eigenvalue weighted by molar-refractivity contribution is 5.98. The minimum absolute atomic E-state index is 0.187. The van der Waals surface area contributed by atoms with E-state index in [9.17, 15) is 9.50 Å². The van der Waals surface area contributed by atoms with E-state index in [0.29, 0.717) is 6.61 Å². The minimum Gasteiger partial charge on any atom is -0.508 e. The van der Waals surface area contributed by atoms with Crippen LogP contribution in [0.5, 0.6) is 11.5 Å². The van der Waals surface area contributed by atoms with Gasteiger partial charge in [-0.1, -0.05) is 61.5 Å². The number of allylic oxidation sites excluding steroid dienone is 1. The molecule has 1 aliphatic rings. The number of halogens is 1. The molecule has 0 amide bonds. The Kier molecular flexibility index (Phi) is 7.79. The molecule has 1 aliphatic heterocycles. The van der Waals surface area contributed by atoms with E-state index in [0.717, 1.165) is 54.9 Å². The van der Waals surface area contributed by atoms with E-state index in [1.165, 1.54) is 11.1 Å². The van der Waals surface area contributed by atoms with Gasteiger partial charge in [0.15, 0.2) is 0 Å². The smallest absolute Gasteiger partial charge is 0.119 e. The number of hydrogen-bond donors (Lipinski definition) is 1. The van der Waals surface area contributed by atoms with E-state index in [4.69, 9.17) is 4.74 Å². The van der Waals surface area contributed by atoms with Crippen LogP contribution in [-0.4, -0.2) is 42.9 Å². The number of aromatic hydroxyl groups is 1. The summed E-state index contributed by atoms with van der Waals surface area (Å²) in [5, 5.41) is 9.79. The van der Waals surface area contributed by atoms with Gasteiger partial charge in [0.2, 0.25) is 0 Å². The van der Waals surface area contributed by atoms with Crippen molar-refractivity contribution in [3.63, 3.8) is 0 Å². The molecule has 3 aromatic carbocycles. The Morgan fingerprint density at radius 1 is 0.939 bits per heavy atom. The number of rotatable bonds is 9. The van der Waals surface area contributed by atoms with Gasteiger partial charge in [-0.2, -0.15) is 0 Å². The molecule has 3 aromatic rings.